The molecule has 29 heavy (non-hydrogen) atoms. The number of hydrogen-bond acceptors (Lipinski definition) is 4. The van der Waals surface area contributed by atoms with Gasteiger partial charge in [0.15, 0.2) is 0 Å². The minimum Gasteiger partial charge on any atom is -0.497 e. The molecule has 3 rings (SSSR count). The number of anilines is 2. The number of nitrogens with zero attached hydrogens (tertiary/aromatic N) is 1. The molecular formula is C20H18F3N3O3. The fraction of sp³-hybridized carbons (Fsp3) is 0.200. The summed E-state index contributed by atoms with van der Waals surface area (Å²) >= 11 is 0. The van der Waals surface area contributed by atoms with Crippen LogP contribution in [0.2, 0.25) is 0 Å². The zero-order valence-electron chi connectivity index (χ0n) is 15.8. The number of aryl methyl sites for hydroxylation is 1. The predicted molar refractivity (Wildman–Crippen MR) is 104 cm³/mol. The third-order valence-corrected chi connectivity index (χ3v) is 4.17. The Labute approximate surface area is 164 Å². The summed E-state index contributed by atoms with van der Waals surface area (Å²) in [7, 11) is 2.84. The molecule has 0 fully saturated rings. The van der Waals surface area contributed by atoms with E-state index in [0.29, 0.717) is 28.0 Å². The third-order valence-electron chi connectivity index (χ3n) is 4.17. The number of aromatic nitrogens is 1. The van der Waals surface area contributed by atoms with E-state index in [-0.39, 0.29) is 11.4 Å². The Morgan fingerprint density at radius 2 is 1.69 bits per heavy atom. The lowest BCUT2D eigenvalue weighted by molar-refractivity contribution is -0.137. The normalized spacial score (nSPS) is 11.2. The van der Waals surface area contributed by atoms with Gasteiger partial charge in [0.1, 0.15) is 11.5 Å². The molecule has 0 spiro atoms. The van der Waals surface area contributed by atoms with E-state index in [1.54, 1.807) is 31.2 Å². The summed E-state index contributed by atoms with van der Waals surface area (Å²) < 4.78 is 49.2. The minimum absolute atomic E-state index is 0.100. The molecule has 0 unspecified atom stereocenters. The van der Waals surface area contributed by atoms with Crippen LogP contribution in [0.5, 0.6) is 11.5 Å². The van der Waals surface area contributed by atoms with Crippen molar-refractivity contribution in [1.82, 2.24) is 4.98 Å². The average molecular weight is 405 g/mol. The summed E-state index contributed by atoms with van der Waals surface area (Å²) in [5, 5.41) is 5.72. The van der Waals surface area contributed by atoms with E-state index in [9.17, 15) is 18.0 Å². The van der Waals surface area contributed by atoms with E-state index in [1.807, 2.05) is 0 Å². The Kier molecular flexibility index (Phi) is 5.49. The van der Waals surface area contributed by atoms with Gasteiger partial charge in [-0.1, -0.05) is 0 Å². The monoisotopic (exact) mass is 405 g/mol. The number of nitrogens with one attached hydrogen (secondary N) is 2. The molecular weight excluding hydrogens is 387 g/mol. The number of benzene rings is 2. The lowest BCUT2D eigenvalue weighted by Crippen LogP contribution is -2.20. The molecule has 1 aromatic heterocycles. The topological polar surface area (TPSA) is 72.5 Å². The Balaban J connectivity index is 1.90. The third kappa shape index (κ3) is 4.50. The van der Waals surface area contributed by atoms with Gasteiger partial charge in [-0.3, -0.25) is 4.98 Å². The van der Waals surface area contributed by atoms with Crippen molar-refractivity contribution in [3.8, 4) is 11.5 Å². The van der Waals surface area contributed by atoms with Gasteiger partial charge in [0.25, 0.3) is 0 Å². The van der Waals surface area contributed by atoms with Gasteiger partial charge in [0.2, 0.25) is 0 Å². The molecule has 2 N–H and O–H groups in total. The summed E-state index contributed by atoms with van der Waals surface area (Å²) in [6.45, 7) is 1.76. The first-order valence-electron chi connectivity index (χ1n) is 8.50. The van der Waals surface area contributed by atoms with Crippen molar-refractivity contribution in [1.29, 1.82) is 0 Å². The second-order valence-electron chi connectivity index (χ2n) is 6.19. The van der Waals surface area contributed by atoms with Gasteiger partial charge < -0.3 is 20.1 Å². The number of alkyl halides is 3. The lowest BCUT2D eigenvalue weighted by atomic mass is 10.1. The first-order valence-corrected chi connectivity index (χ1v) is 8.50. The molecule has 1 heterocycles. The highest BCUT2D eigenvalue weighted by atomic mass is 19.4. The van der Waals surface area contributed by atoms with Crippen molar-refractivity contribution >= 4 is 28.3 Å². The number of ether oxygens (including phenoxy) is 2. The Morgan fingerprint density at radius 3 is 2.34 bits per heavy atom. The van der Waals surface area contributed by atoms with E-state index >= 15 is 0 Å². The van der Waals surface area contributed by atoms with Crippen LogP contribution in [0.1, 0.15) is 11.3 Å². The molecule has 0 atom stereocenters. The van der Waals surface area contributed by atoms with Gasteiger partial charge in [-0.25, -0.2) is 4.79 Å². The molecule has 0 radical (unpaired) electrons. The van der Waals surface area contributed by atoms with Crippen molar-refractivity contribution in [2.45, 2.75) is 13.1 Å². The highest BCUT2D eigenvalue weighted by molar-refractivity contribution is 6.06. The van der Waals surface area contributed by atoms with Crippen molar-refractivity contribution in [2.75, 3.05) is 24.9 Å². The fourth-order valence-corrected chi connectivity index (χ4v) is 2.83. The van der Waals surface area contributed by atoms with E-state index < -0.39 is 17.8 Å². The summed E-state index contributed by atoms with van der Waals surface area (Å²) in [4.78, 5) is 16.9. The molecule has 0 aliphatic heterocycles. The van der Waals surface area contributed by atoms with Crippen LogP contribution in [0.25, 0.3) is 10.9 Å². The second-order valence-corrected chi connectivity index (χ2v) is 6.19. The summed E-state index contributed by atoms with van der Waals surface area (Å²) in [5.41, 5.74) is 0.718. The number of pyridine rings is 1. The zero-order valence-corrected chi connectivity index (χ0v) is 15.8. The number of amides is 2. The second kappa shape index (κ2) is 7.86. The fourth-order valence-electron chi connectivity index (χ4n) is 2.83. The number of halogens is 3. The molecule has 2 aromatic carbocycles. The SMILES string of the molecule is COc1ccc2c(NC(=O)Nc3cc(C(F)(F)F)ccc3OC)cc(C)nc2c1. The molecule has 0 saturated carbocycles. The number of fused-ring (bicyclic) bond motifs is 1. The maximum atomic E-state index is 13.0. The first-order chi connectivity index (χ1) is 13.7. The van der Waals surface area contributed by atoms with E-state index in [1.165, 1.54) is 14.2 Å². The molecule has 2 amide bonds. The number of methoxy groups -OCH3 is 2. The highest BCUT2D eigenvalue weighted by Crippen LogP contribution is 2.35. The quantitative estimate of drug-likeness (QED) is 0.624. The molecule has 0 saturated heterocycles. The number of urea groups is 1. The number of hydrogen-bond donors (Lipinski definition) is 2. The molecule has 3 aromatic rings. The van der Waals surface area contributed by atoms with Crippen LogP contribution in [0.3, 0.4) is 0 Å². The van der Waals surface area contributed by atoms with Gasteiger partial charge in [0, 0.05) is 17.1 Å². The van der Waals surface area contributed by atoms with Crippen molar-refractivity contribution < 1.29 is 27.4 Å². The first kappa shape index (κ1) is 20.2. The molecule has 152 valence electrons. The molecule has 0 bridgehead atoms. The number of rotatable bonds is 4. The van der Waals surface area contributed by atoms with Crippen molar-refractivity contribution in [2.24, 2.45) is 0 Å². The number of carbonyl (C=O) groups is 1. The summed E-state index contributed by atoms with van der Waals surface area (Å²) in [6.07, 6.45) is -4.54. The molecule has 0 aliphatic carbocycles. The van der Waals surface area contributed by atoms with Gasteiger partial charge in [-0.15, -0.1) is 0 Å². The predicted octanol–water partition coefficient (Wildman–Crippen LogP) is 5.22. The van der Waals surface area contributed by atoms with E-state index in [2.05, 4.69) is 15.6 Å². The van der Waals surface area contributed by atoms with Crippen molar-refractivity contribution in [3.63, 3.8) is 0 Å². The molecule has 9 heteroatoms. The summed E-state index contributed by atoms with van der Waals surface area (Å²) in [6, 6.07) is 8.98. The Bertz CT molecular complexity index is 1070. The van der Waals surface area contributed by atoms with Gasteiger partial charge in [-0.05, 0) is 43.3 Å². The van der Waals surface area contributed by atoms with Crippen LogP contribution in [0.4, 0.5) is 29.3 Å². The lowest BCUT2D eigenvalue weighted by Gasteiger charge is -2.15. The van der Waals surface area contributed by atoms with Crippen molar-refractivity contribution in [3.05, 3.63) is 53.7 Å². The minimum atomic E-state index is -4.54. The van der Waals surface area contributed by atoms with Gasteiger partial charge in [0.05, 0.1) is 36.7 Å². The Hall–Kier alpha value is -3.49. The maximum absolute atomic E-state index is 13.0. The van der Waals surface area contributed by atoms with Crippen LogP contribution in [-0.2, 0) is 6.18 Å². The average Bonchev–Trinajstić information content (AvgIpc) is 2.66. The van der Waals surface area contributed by atoms with E-state index in [4.69, 9.17) is 9.47 Å². The summed E-state index contributed by atoms with van der Waals surface area (Å²) in [5.74, 6) is 0.716. The van der Waals surface area contributed by atoms with Gasteiger partial charge in [-0.2, -0.15) is 13.2 Å². The standard InChI is InChI=1S/C20H18F3N3O3/c1-11-8-15(14-6-5-13(28-2)10-16(14)24-11)25-19(27)26-17-9-12(20(21,22)23)4-7-18(17)29-3/h4-10H,1-3H3,(H2,24,25,26,27). The Morgan fingerprint density at radius 1 is 0.966 bits per heavy atom. The smallest absolute Gasteiger partial charge is 0.416 e. The largest absolute Gasteiger partial charge is 0.497 e. The van der Waals surface area contributed by atoms with Crippen LogP contribution in [-0.4, -0.2) is 25.2 Å². The van der Waals surface area contributed by atoms with Gasteiger partial charge >= 0.3 is 12.2 Å². The van der Waals surface area contributed by atoms with E-state index in [0.717, 1.165) is 18.2 Å². The zero-order chi connectivity index (χ0) is 21.2. The molecule has 0 aliphatic rings. The highest BCUT2D eigenvalue weighted by Gasteiger charge is 2.31. The van der Waals surface area contributed by atoms with Crippen LogP contribution < -0.4 is 20.1 Å². The maximum Gasteiger partial charge on any atom is 0.416 e. The molecule has 6 nitrogen and oxygen atoms in total. The van der Waals surface area contributed by atoms with Crippen LogP contribution >= 0.6 is 0 Å². The number of carbonyl (C=O) groups excluding carboxylic acids is 1. The van der Waals surface area contributed by atoms with Crippen LogP contribution in [0.15, 0.2) is 42.5 Å². The van der Waals surface area contributed by atoms with Crippen LogP contribution in [0, 0.1) is 6.92 Å².